The molecule has 9 heteroatoms. The fraction of sp³-hybridized carbons (Fsp3) is 0.267. The Balaban J connectivity index is 1.97. The second-order valence-corrected chi connectivity index (χ2v) is 9.55. The molecule has 0 radical (unpaired) electrons. The Labute approximate surface area is 224 Å². The molecule has 0 spiro atoms. The third-order valence-electron chi connectivity index (χ3n) is 6.78. The molecule has 1 aliphatic heterocycles. The highest BCUT2D eigenvalue weighted by Crippen LogP contribution is 2.44. The van der Waals surface area contributed by atoms with Crippen molar-refractivity contribution >= 4 is 23.1 Å². The Bertz CT molecular complexity index is 1460. The van der Waals surface area contributed by atoms with E-state index >= 15 is 0 Å². The quantitative estimate of drug-likeness (QED) is 0.212. The van der Waals surface area contributed by atoms with Crippen molar-refractivity contribution in [3.8, 4) is 11.5 Å². The van der Waals surface area contributed by atoms with Gasteiger partial charge in [-0.15, -0.1) is 0 Å². The summed E-state index contributed by atoms with van der Waals surface area (Å²) in [6, 6.07) is 12.9. The van der Waals surface area contributed by atoms with Gasteiger partial charge in [0.15, 0.2) is 0 Å². The number of amides is 1. The molecule has 3 aromatic rings. The van der Waals surface area contributed by atoms with E-state index in [-0.39, 0.29) is 17.2 Å². The summed E-state index contributed by atoms with van der Waals surface area (Å²) in [5, 5.41) is 11.6. The predicted molar refractivity (Wildman–Crippen MR) is 141 cm³/mol. The lowest BCUT2D eigenvalue weighted by Crippen LogP contribution is -2.29. The van der Waals surface area contributed by atoms with Crippen LogP contribution >= 0.6 is 0 Å². The molecule has 1 N–H and O–H groups in total. The molecule has 1 saturated heterocycles. The molecule has 1 atom stereocenters. The van der Waals surface area contributed by atoms with Crippen LogP contribution in [0.5, 0.6) is 11.5 Å². The van der Waals surface area contributed by atoms with E-state index in [4.69, 9.17) is 9.47 Å². The fourth-order valence-corrected chi connectivity index (χ4v) is 4.76. The minimum Gasteiger partial charge on any atom is -0.507 e. The second-order valence-electron chi connectivity index (χ2n) is 9.55. The Morgan fingerprint density at radius 1 is 0.974 bits per heavy atom. The molecule has 1 fully saturated rings. The number of hydrogen-bond acceptors (Lipinski definition) is 5. The zero-order valence-electron chi connectivity index (χ0n) is 22.1. The van der Waals surface area contributed by atoms with Gasteiger partial charge in [0.2, 0.25) is 0 Å². The van der Waals surface area contributed by atoms with Gasteiger partial charge in [0.1, 0.15) is 17.3 Å². The lowest BCUT2D eigenvalue weighted by molar-refractivity contribution is -0.137. The summed E-state index contributed by atoms with van der Waals surface area (Å²) in [5.74, 6) is -1.24. The van der Waals surface area contributed by atoms with Gasteiger partial charge in [0.05, 0.1) is 31.4 Å². The number of methoxy groups -OCH3 is 2. The van der Waals surface area contributed by atoms with E-state index in [2.05, 4.69) is 0 Å². The lowest BCUT2D eigenvalue weighted by Gasteiger charge is -2.26. The zero-order chi connectivity index (χ0) is 28.6. The number of halogens is 3. The molecule has 3 aromatic carbocycles. The van der Waals surface area contributed by atoms with E-state index in [1.54, 1.807) is 50.4 Å². The summed E-state index contributed by atoms with van der Waals surface area (Å²) in [6.07, 6.45) is -4.57. The molecular weight excluding hydrogens is 511 g/mol. The molecule has 0 aromatic heterocycles. The summed E-state index contributed by atoms with van der Waals surface area (Å²) in [6.45, 7) is 5.65. The largest absolute Gasteiger partial charge is 0.507 e. The van der Waals surface area contributed by atoms with Crippen LogP contribution in [0.2, 0.25) is 0 Å². The van der Waals surface area contributed by atoms with Crippen LogP contribution in [0, 0.1) is 6.92 Å². The number of carbonyl (C=O) groups is 2. The highest BCUT2D eigenvalue weighted by atomic mass is 19.4. The molecule has 39 heavy (non-hydrogen) atoms. The molecule has 1 amide bonds. The first-order valence-electron chi connectivity index (χ1n) is 12.2. The Hall–Kier alpha value is -4.27. The number of aryl methyl sites for hydroxylation is 1. The van der Waals surface area contributed by atoms with Crippen molar-refractivity contribution in [2.24, 2.45) is 0 Å². The van der Waals surface area contributed by atoms with Gasteiger partial charge in [0.25, 0.3) is 11.7 Å². The van der Waals surface area contributed by atoms with Crippen molar-refractivity contribution in [2.75, 3.05) is 19.1 Å². The van der Waals surface area contributed by atoms with Crippen molar-refractivity contribution in [1.29, 1.82) is 0 Å². The summed E-state index contributed by atoms with van der Waals surface area (Å²) in [5.41, 5.74) is 1.18. The van der Waals surface area contributed by atoms with E-state index in [0.29, 0.717) is 28.2 Å². The highest BCUT2D eigenvalue weighted by molar-refractivity contribution is 6.51. The predicted octanol–water partition coefficient (Wildman–Crippen LogP) is 6.78. The number of ketones is 1. The molecule has 0 saturated carbocycles. The van der Waals surface area contributed by atoms with Crippen LogP contribution in [0.25, 0.3) is 5.76 Å². The van der Waals surface area contributed by atoms with Gasteiger partial charge in [0, 0.05) is 11.3 Å². The SMILES string of the molecule is COc1cccc(C2/C(=C(\O)c3cc(C(C)C)c(OC)cc3C)C(=O)C(=O)N2c2ccc(C(F)(F)F)cc2)c1. The maximum atomic E-state index is 13.5. The number of aliphatic hydroxyl groups excluding tert-OH is 1. The Morgan fingerprint density at radius 3 is 2.21 bits per heavy atom. The van der Waals surface area contributed by atoms with Crippen molar-refractivity contribution in [3.63, 3.8) is 0 Å². The summed E-state index contributed by atoms with van der Waals surface area (Å²) in [7, 11) is 3.00. The van der Waals surface area contributed by atoms with Gasteiger partial charge < -0.3 is 14.6 Å². The first kappa shape index (κ1) is 27.8. The standard InChI is InChI=1S/C30H28F3NO5/c1-16(2)22-15-23(17(3)13-24(22)39-5)27(35)25-26(18-7-6-8-21(14-18)38-4)34(29(37)28(25)36)20-11-9-19(10-12-20)30(31,32)33/h6-16,26,35H,1-5H3/b27-25+. The molecule has 1 heterocycles. The van der Waals surface area contributed by atoms with Gasteiger partial charge >= 0.3 is 6.18 Å². The van der Waals surface area contributed by atoms with Crippen LogP contribution in [0.15, 0.2) is 66.2 Å². The molecule has 0 aliphatic carbocycles. The van der Waals surface area contributed by atoms with Crippen molar-refractivity contribution < 1.29 is 37.3 Å². The lowest BCUT2D eigenvalue weighted by atomic mass is 9.91. The van der Waals surface area contributed by atoms with Gasteiger partial charge in [-0.3, -0.25) is 14.5 Å². The topological polar surface area (TPSA) is 76.1 Å². The number of Topliss-reactive ketones (excluding diaryl/α,β-unsaturated/α-hetero) is 1. The van der Waals surface area contributed by atoms with Crippen LogP contribution in [-0.4, -0.2) is 31.0 Å². The zero-order valence-corrected chi connectivity index (χ0v) is 22.1. The Morgan fingerprint density at radius 2 is 1.64 bits per heavy atom. The number of anilines is 1. The third kappa shape index (κ3) is 5.08. The average Bonchev–Trinajstić information content (AvgIpc) is 3.17. The number of carbonyl (C=O) groups excluding carboxylic acids is 2. The van der Waals surface area contributed by atoms with Crippen LogP contribution in [0.4, 0.5) is 18.9 Å². The van der Waals surface area contributed by atoms with Crippen LogP contribution in [-0.2, 0) is 15.8 Å². The molecular formula is C30H28F3NO5. The number of hydrogen-bond donors (Lipinski definition) is 1. The first-order chi connectivity index (χ1) is 18.4. The van der Waals surface area contributed by atoms with Gasteiger partial charge in [-0.05, 0) is 78.1 Å². The minimum atomic E-state index is -4.57. The molecule has 6 nitrogen and oxygen atoms in total. The molecule has 204 valence electrons. The monoisotopic (exact) mass is 539 g/mol. The van der Waals surface area contributed by atoms with E-state index in [0.717, 1.165) is 34.7 Å². The average molecular weight is 540 g/mol. The smallest absolute Gasteiger partial charge is 0.416 e. The van der Waals surface area contributed by atoms with Gasteiger partial charge in [-0.2, -0.15) is 13.2 Å². The summed E-state index contributed by atoms with van der Waals surface area (Å²) >= 11 is 0. The number of nitrogens with zero attached hydrogens (tertiary/aromatic N) is 1. The minimum absolute atomic E-state index is 0.0239. The van der Waals surface area contributed by atoms with Crippen molar-refractivity contribution in [2.45, 2.75) is 38.9 Å². The van der Waals surface area contributed by atoms with Crippen LogP contribution in [0.3, 0.4) is 0 Å². The first-order valence-corrected chi connectivity index (χ1v) is 12.2. The molecule has 0 bridgehead atoms. The molecule has 1 aliphatic rings. The highest BCUT2D eigenvalue weighted by Gasteiger charge is 2.47. The van der Waals surface area contributed by atoms with Gasteiger partial charge in [-0.1, -0.05) is 26.0 Å². The van der Waals surface area contributed by atoms with Crippen LogP contribution < -0.4 is 14.4 Å². The van der Waals surface area contributed by atoms with Crippen LogP contribution in [0.1, 0.15) is 53.6 Å². The number of benzene rings is 3. The third-order valence-corrected chi connectivity index (χ3v) is 6.78. The maximum absolute atomic E-state index is 13.5. The van der Waals surface area contributed by atoms with Gasteiger partial charge in [-0.25, -0.2) is 0 Å². The second kappa shape index (κ2) is 10.5. The summed E-state index contributed by atoms with van der Waals surface area (Å²) in [4.78, 5) is 28.0. The number of ether oxygens (including phenoxy) is 2. The number of rotatable bonds is 6. The summed E-state index contributed by atoms with van der Waals surface area (Å²) < 4.78 is 50.4. The fourth-order valence-electron chi connectivity index (χ4n) is 4.76. The van der Waals surface area contributed by atoms with Crippen molar-refractivity contribution in [1.82, 2.24) is 0 Å². The Kier molecular flexibility index (Phi) is 7.46. The number of alkyl halides is 3. The number of aliphatic hydroxyl groups is 1. The van der Waals surface area contributed by atoms with E-state index in [1.807, 2.05) is 13.8 Å². The maximum Gasteiger partial charge on any atom is 0.416 e. The van der Waals surface area contributed by atoms with E-state index < -0.39 is 35.2 Å². The molecule has 1 unspecified atom stereocenters. The van der Waals surface area contributed by atoms with E-state index in [1.165, 1.54) is 7.11 Å². The van der Waals surface area contributed by atoms with E-state index in [9.17, 15) is 27.9 Å². The normalized spacial score (nSPS) is 17.2. The molecule has 4 rings (SSSR count). The van der Waals surface area contributed by atoms with Crippen molar-refractivity contribution in [3.05, 3.63) is 94.1 Å².